The quantitative estimate of drug-likeness (QED) is 0.714. The number of aliphatic hydroxyl groups is 1. The molecule has 0 bridgehead atoms. The van der Waals surface area contributed by atoms with Crippen molar-refractivity contribution in [3.63, 3.8) is 0 Å². The lowest BCUT2D eigenvalue weighted by atomic mass is 9.66. The lowest BCUT2D eigenvalue weighted by Gasteiger charge is -2.51. The summed E-state index contributed by atoms with van der Waals surface area (Å²) in [5.74, 6) is -0.243. The molecule has 2 heterocycles. The van der Waals surface area contributed by atoms with E-state index in [9.17, 15) is 14.3 Å². The molecule has 2 aliphatic rings. The molecule has 33 heavy (non-hydrogen) atoms. The number of carbonyl (C=O) groups excluding carboxylic acids is 1. The van der Waals surface area contributed by atoms with E-state index in [0.29, 0.717) is 44.2 Å². The van der Waals surface area contributed by atoms with Crippen molar-refractivity contribution in [2.24, 2.45) is 5.41 Å². The van der Waals surface area contributed by atoms with Gasteiger partial charge in [0.25, 0.3) is 0 Å². The van der Waals surface area contributed by atoms with Crippen molar-refractivity contribution in [1.82, 2.24) is 9.80 Å². The maximum absolute atomic E-state index is 13.3. The maximum atomic E-state index is 13.3. The van der Waals surface area contributed by atoms with E-state index in [1.807, 2.05) is 37.8 Å². The Morgan fingerprint density at radius 2 is 1.85 bits per heavy atom. The highest BCUT2D eigenvalue weighted by Gasteiger charge is 2.49. The second-order valence-electron chi connectivity index (χ2n) is 9.98. The van der Waals surface area contributed by atoms with Gasteiger partial charge < -0.3 is 14.7 Å². The summed E-state index contributed by atoms with van der Waals surface area (Å²) in [4.78, 5) is 17.3. The Bertz CT molecular complexity index is 982. The Balaban J connectivity index is 1.42. The van der Waals surface area contributed by atoms with E-state index in [1.54, 1.807) is 24.3 Å². The van der Waals surface area contributed by atoms with E-state index < -0.39 is 11.0 Å². The number of amides is 1. The molecule has 5 nitrogen and oxygen atoms in total. The molecule has 2 aromatic rings. The van der Waals surface area contributed by atoms with Gasteiger partial charge in [-0.25, -0.2) is 4.39 Å². The van der Waals surface area contributed by atoms with Gasteiger partial charge in [-0.05, 0) is 48.7 Å². The molecule has 7 heteroatoms. The predicted molar refractivity (Wildman–Crippen MR) is 126 cm³/mol. The fraction of sp³-hybridized carbons (Fsp3) is 0.500. The number of benzene rings is 2. The molecule has 0 radical (unpaired) electrons. The largest absolute Gasteiger partial charge is 0.385 e. The van der Waals surface area contributed by atoms with Gasteiger partial charge in [0.05, 0.1) is 31.3 Å². The summed E-state index contributed by atoms with van der Waals surface area (Å²) in [6.45, 7) is 8.46. The molecule has 2 aromatic carbocycles. The van der Waals surface area contributed by atoms with E-state index in [1.165, 1.54) is 12.1 Å². The normalized spacial score (nSPS) is 28.0. The number of piperidine rings is 1. The average molecular weight is 475 g/mol. The molecule has 0 aromatic heterocycles. The molecule has 2 fully saturated rings. The fourth-order valence-corrected chi connectivity index (χ4v) is 5.21. The van der Waals surface area contributed by atoms with Crippen LogP contribution < -0.4 is 0 Å². The third-order valence-electron chi connectivity index (χ3n) is 7.20. The van der Waals surface area contributed by atoms with Gasteiger partial charge in [0.2, 0.25) is 5.91 Å². The summed E-state index contributed by atoms with van der Waals surface area (Å²) >= 11 is 6.03. The van der Waals surface area contributed by atoms with Crippen molar-refractivity contribution in [2.45, 2.75) is 44.9 Å². The highest BCUT2D eigenvalue weighted by molar-refractivity contribution is 6.30. The molecule has 4 rings (SSSR count). The van der Waals surface area contributed by atoms with Crippen LogP contribution in [0.5, 0.6) is 0 Å². The highest BCUT2D eigenvalue weighted by atomic mass is 35.5. The van der Waals surface area contributed by atoms with E-state index in [-0.39, 0.29) is 23.9 Å². The third kappa shape index (κ3) is 4.94. The van der Waals surface area contributed by atoms with Crippen LogP contribution >= 0.6 is 11.6 Å². The van der Waals surface area contributed by atoms with Gasteiger partial charge in [-0.15, -0.1) is 0 Å². The molecule has 178 valence electrons. The average Bonchev–Trinajstić information content (AvgIpc) is 2.77. The Labute approximate surface area is 200 Å². The van der Waals surface area contributed by atoms with Crippen molar-refractivity contribution in [3.05, 3.63) is 70.5 Å². The summed E-state index contributed by atoms with van der Waals surface area (Å²) < 4.78 is 19.2. The molecule has 1 unspecified atom stereocenters. The van der Waals surface area contributed by atoms with Crippen LogP contribution in [0.3, 0.4) is 0 Å². The minimum atomic E-state index is -0.989. The number of carbonyl (C=O) groups is 1. The third-order valence-corrected chi connectivity index (χ3v) is 7.46. The van der Waals surface area contributed by atoms with Crippen molar-refractivity contribution < 1.29 is 19.0 Å². The van der Waals surface area contributed by atoms with Crippen LogP contribution in [0.1, 0.15) is 44.4 Å². The van der Waals surface area contributed by atoms with E-state index in [2.05, 4.69) is 4.90 Å². The molecular formula is C26H32ClFN2O3. The molecule has 2 aliphatic heterocycles. The lowest BCUT2D eigenvalue weighted by molar-refractivity contribution is -0.152. The van der Waals surface area contributed by atoms with Crippen LogP contribution in [0.15, 0.2) is 48.5 Å². The molecule has 3 atom stereocenters. The maximum Gasteiger partial charge on any atom is 0.237 e. The minimum absolute atomic E-state index is 0.0296. The molecule has 0 saturated carbocycles. The Hall–Kier alpha value is -1.99. The monoisotopic (exact) mass is 474 g/mol. The van der Waals surface area contributed by atoms with Crippen molar-refractivity contribution in [3.8, 4) is 0 Å². The summed E-state index contributed by atoms with van der Waals surface area (Å²) in [6.07, 6.45) is 0.268. The van der Waals surface area contributed by atoms with Gasteiger partial charge >= 0.3 is 0 Å². The first-order chi connectivity index (χ1) is 15.6. The zero-order valence-corrected chi connectivity index (χ0v) is 20.2. The van der Waals surface area contributed by atoms with Gasteiger partial charge in [-0.3, -0.25) is 9.69 Å². The first-order valence-electron chi connectivity index (χ1n) is 11.5. The van der Waals surface area contributed by atoms with Crippen LogP contribution in [0.25, 0.3) is 0 Å². The van der Waals surface area contributed by atoms with Crippen molar-refractivity contribution in [2.75, 3.05) is 32.8 Å². The number of likely N-dealkylation sites (tertiary alicyclic amines) is 1. The zero-order valence-electron chi connectivity index (χ0n) is 19.4. The van der Waals surface area contributed by atoms with Gasteiger partial charge in [0.1, 0.15) is 11.9 Å². The van der Waals surface area contributed by atoms with E-state index in [0.717, 1.165) is 11.1 Å². The summed E-state index contributed by atoms with van der Waals surface area (Å²) in [5, 5.41) is 12.2. The second-order valence-corrected chi connectivity index (χ2v) is 10.4. The zero-order chi connectivity index (χ0) is 23.8. The molecule has 0 spiro atoms. The number of hydrogen-bond acceptors (Lipinski definition) is 4. The second kappa shape index (κ2) is 9.34. The molecular weight excluding hydrogens is 443 g/mol. The molecule has 0 aliphatic carbocycles. The van der Waals surface area contributed by atoms with Crippen LogP contribution in [-0.4, -0.2) is 59.6 Å². The standard InChI is InChI=1S/C26H32ClFN2O3/c1-18-16-33-23(19-4-10-22(28)11-5-19)14-30(18)24(31)15-29-13-12-26(32,25(2,3)17-29)20-6-8-21(27)9-7-20/h4-11,18,23,32H,12-17H2,1-3H3/t18-,23?,26-/m0/s1. The van der Waals surface area contributed by atoms with Gasteiger partial charge in [-0.1, -0.05) is 49.7 Å². The van der Waals surface area contributed by atoms with Crippen LogP contribution in [0.4, 0.5) is 4.39 Å². The van der Waals surface area contributed by atoms with Gasteiger partial charge in [-0.2, -0.15) is 0 Å². The van der Waals surface area contributed by atoms with Gasteiger partial charge in [0.15, 0.2) is 0 Å². The first kappa shape index (κ1) is 24.1. The molecule has 1 amide bonds. The number of nitrogens with zero attached hydrogens (tertiary/aromatic N) is 2. The summed E-state index contributed by atoms with van der Waals surface area (Å²) in [5.41, 5.74) is 0.281. The van der Waals surface area contributed by atoms with Crippen LogP contribution in [0.2, 0.25) is 5.02 Å². The number of ether oxygens (including phenoxy) is 1. The molecule has 1 N–H and O–H groups in total. The van der Waals surface area contributed by atoms with Gasteiger partial charge in [0, 0.05) is 23.5 Å². The van der Waals surface area contributed by atoms with Crippen molar-refractivity contribution >= 4 is 17.5 Å². The molecule has 2 saturated heterocycles. The number of rotatable bonds is 4. The van der Waals surface area contributed by atoms with E-state index >= 15 is 0 Å². The predicted octanol–water partition coefficient (Wildman–Crippen LogP) is 4.39. The number of morpholine rings is 1. The van der Waals surface area contributed by atoms with Crippen LogP contribution in [0, 0.1) is 11.2 Å². The number of halogens is 2. The Morgan fingerprint density at radius 1 is 1.18 bits per heavy atom. The fourth-order valence-electron chi connectivity index (χ4n) is 5.09. The van der Waals surface area contributed by atoms with Crippen molar-refractivity contribution in [1.29, 1.82) is 0 Å². The Morgan fingerprint density at radius 3 is 2.48 bits per heavy atom. The SMILES string of the molecule is C[C@H]1COC(c2ccc(F)cc2)CN1C(=O)CN1CC[C@](O)(c2ccc(Cl)cc2)C(C)(C)C1. The summed E-state index contributed by atoms with van der Waals surface area (Å²) in [7, 11) is 0. The topological polar surface area (TPSA) is 53.0 Å². The summed E-state index contributed by atoms with van der Waals surface area (Å²) in [6, 6.07) is 13.6. The smallest absolute Gasteiger partial charge is 0.237 e. The highest BCUT2D eigenvalue weighted by Crippen LogP contribution is 2.46. The van der Waals surface area contributed by atoms with E-state index in [4.69, 9.17) is 16.3 Å². The Kier molecular flexibility index (Phi) is 6.83. The minimum Gasteiger partial charge on any atom is -0.385 e. The lowest BCUT2D eigenvalue weighted by Crippen LogP contribution is -2.58. The van der Waals surface area contributed by atoms with Crippen LogP contribution in [-0.2, 0) is 15.1 Å². The first-order valence-corrected chi connectivity index (χ1v) is 11.8. The number of hydrogen-bond donors (Lipinski definition) is 1.